The van der Waals surface area contributed by atoms with E-state index in [0.29, 0.717) is 11.8 Å². The van der Waals surface area contributed by atoms with Crippen molar-refractivity contribution in [3.63, 3.8) is 0 Å². The number of para-hydroxylation sites is 1. The number of nitrogens with zero attached hydrogens (tertiary/aromatic N) is 1. The first-order chi connectivity index (χ1) is 19.5. The molecule has 194 valence electrons. The van der Waals surface area contributed by atoms with Crippen LogP contribution in [0.15, 0.2) is 97.1 Å². The first-order valence-corrected chi connectivity index (χ1v) is 14.3. The molecular weight excluding hydrogens is 489 g/mol. The topological polar surface area (TPSA) is 23.4 Å². The van der Waals surface area contributed by atoms with Crippen molar-refractivity contribution < 1.29 is 9.47 Å². The Hall–Kier alpha value is -4.44. The van der Waals surface area contributed by atoms with Crippen molar-refractivity contribution in [1.82, 2.24) is 4.57 Å². The van der Waals surface area contributed by atoms with Gasteiger partial charge in [0.2, 0.25) is 0 Å². The highest BCUT2D eigenvalue weighted by Gasteiger charge is 2.39. The zero-order chi connectivity index (χ0) is 27.1. The van der Waals surface area contributed by atoms with Crippen molar-refractivity contribution in [3.8, 4) is 28.7 Å². The second-order valence-electron chi connectivity index (χ2n) is 11.8. The molecule has 2 aliphatic rings. The van der Waals surface area contributed by atoms with Crippen LogP contribution in [0.1, 0.15) is 50.7 Å². The second kappa shape index (κ2) is 8.53. The summed E-state index contributed by atoms with van der Waals surface area (Å²) >= 11 is 0. The van der Waals surface area contributed by atoms with Gasteiger partial charge in [0.1, 0.15) is 23.0 Å². The standard InChI is InChI=1S/C36H30BNO2/c1-21(2)23-12-16-30-26(18-23)27-19-24(22(3)4)13-17-31(27)38(30)25-14-15-29-35(20-25)40-34-11-7-10-33-36(34)37(29)28-8-5-6-9-32(28)39-33/h5-22H,1-4H3. The van der Waals surface area contributed by atoms with Gasteiger partial charge in [-0.1, -0.05) is 70.2 Å². The van der Waals surface area contributed by atoms with E-state index in [0.717, 1.165) is 34.1 Å². The van der Waals surface area contributed by atoms with Crippen molar-refractivity contribution in [2.24, 2.45) is 0 Å². The second-order valence-corrected chi connectivity index (χ2v) is 11.8. The normalized spacial score (nSPS) is 13.3. The van der Waals surface area contributed by atoms with E-state index >= 15 is 0 Å². The predicted octanol–water partition coefficient (Wildman–Crippen LogP) is 7.76. The SMILES string of the molecule is CC(C)c1ccc2c(c1)c1cc(C(C)C)ccc1n2-c1ccc2c(c1)Oc1cccc3c1B2c1ccccc1O3. The van der Waals surface area contributed by atoms with Crippen LogP contribution in [0.5, 0.6) is 23.0 Å². The molecule has 0 saturated carbocycles. The molecule has 0 atom stereocenters. The Balaban J connectivity index is 1.36. The Morgan fingerprint density at radius 3 is 1.77 bits per heavy atom. The minimum absolute atomic E-state index is 0.0781. The minimum atomic E-state index is 0.0781. The number of hydrogen-bond donors (Lipinski definition) is 0. The van der Waals surface area contributed by atoms with E-state index in [9.17, 15) is 0 Å². The highest BCUT2D eigenvalue weighted by Crippen LogP contribution is 2.38. The largest absolute Gasteiger partial charge is 0.458 e. The fraction of sp³-hybridized carbons (Fsp3) is 0.167. The lowest BCUT2D eigenvalue weighted by Gasteiger charge is -2.33. The molecular formula is C36H30BNO2. The summed E-state index contributed by atoms with van der Waals surface area (Å²) in [5, 5.41) is 2.60. The smallest absolute Gasteiger partial charge is 0.260 e. The predicted molar refractivity (Wildman–Crippen MR) is 167 cm³/mol. The lowest BCUT2D eigenvalue weighted by atomic mass is 9.35. The lowest BCUT2D eigenvalue weighted by Crippen LogP contribution is -2.57. The summed E-state index contributed by atoms with van der Waals surface area (Å²) in [6.07, 6.45) is 0. The van der Waals surface area contributed by atoms with Crippen LogP contribution in [0, 0.1) is 0 Å². The van der Waals surface area contributed by atoms with E-state index in [1.807, 2.05) is 18.2 Å². The van der Waals surface area contributed by atoms with Gasteiger partial charge in [0, 0.05) is 28.0 Å². The summed E-state index contributed by atoms with van der Waals surface area (Å²) in [5.74, 6) is 4.50. The summed E-state index contributed by atoms with van der Waals surface area (Å²) in [4.78, 5) is 0. The molecule has 0 radical (unpaired) electrons. The van der Waals surface area contributed by atoms with Gasteiger partial charge in [-0.2, -0.15) is 0 Å². The fourth-order valence-electron chi connectivity index (χ4n) is 6.56. The average molecular weight is 519 g/mol. The Labute approximate surface area is 235 Å². The zero-order valence-corrected chi connectivity index (χ0v) is 23.2. The van der Waals surface area contributed by atoms with Crippen LogP contribution in [0.2, 0.25) is 0 Å². The molecule has 2 aliphatic heterocycles. The summed E-state index contributed by atoms with van der Waals surface area (Å²) in [5.41, 5.74) is 9.73. The molecule has 5 aromatic carbocycles. The third-order valence-electron chi connectivity index (χ3n) is 8.70. The molecule has 3 heterocycles. The monoisotopic (exact) mass is 519 g/mol. The van der Waals surface area contributed by atoms with Crippen LogP contribution in [0.4, 0.5) is 0 Å². The molecule has 0 bridgehead atoms. The molecule has 3 nitrogen and oxygen atoms in total. The third-order valence-corrected chi connectivity index (χ3v) is 8.70. The van der Waals surface area contributed by atoms with E-state index in [-0.39, 0.29) is 6.71 Å². The molecule has 0 N–H and O–H groups in total. The van der Waals surface area contributed by atoms with Gasteiger partial charge in [-0.15, -0.1) is 0 Å². The van der Waals surface area contributed by atoms with Gasteiger partial charge in [-0.05, 0) is 82.4 Å². The first kappa shape index (κ1) is 23.5. The minimum Gasteiger partial charge on any atom is -0.458 e. The Kier molecular flexibility index (Phi) is 5.00. The summed E-state index contributed by atoms with van der Waals surface area (Å²) in [7, 11) is 0. The average Bonchev–Trinajstić information content (AvgIpc) is 3.29. The van der Waals surface area contributed by atoms with Gasteiger partial charge in [-0.25, -0.2) is 0 Å². The molecule has 1 aromatic heterocycles. The molecule has 0 unspecified atom stereocenters. The molecule has 0 fully saturated rings. The number of ether oxygens (including phenoxy) is 2. The van der Waals surface area contributed by atoms with Gasteiger partial charge in [0.25, 0.3) is 6.71 Å². The lowest BCUT2D eigenvalue weighted by molar-refractivity contribution is 0.464. The van der Waals surface area contributed by atoms with Crippen LogP contribution in [-0.2, 0) is 0 Å². The van der Waals surface area contributed by atoms with Gasteiger partial charge < -0.3 is 14.0 Å². The molecule has 0 spiro atoms. The quantitative estimate of drug-likeness (QED) is 0.223. The number of aromatic nitrogens is 1. The fourth-order valence-corrected chi connectivity index (χ4v) is 6.56. The van der Waals surface area contributed by atoms with E-state index in [1.54, 1.807) is 0 Å². The van der Waals surface area contributed by atoms with Crippen molar-refractivity contribution in [3.05, 3.63) is 108 Å². The molecule has 6 aromatic rings. The van der Waals surface area contributed by atoms with Crippen LogP contribution >= 0.6 is 0 Å². The maximum absolute atomic E-state index is 6.61. The van der Waals surface area contributed by atoms with E-state index in [4.69, 9.17) is 9.47 Å². The molecule has 8 rings (SSSR count). The molecule has 4 heteroatoms. The molecule has 0 saturated heterocycles. The first-order valence-electron chi connectivity index (χ1n) is 14.3. The Morgan fingerprint density at radius 2 is 1.12 bits per heavy atom. The van der Waals surface area contributed by atoms with Crippen LogP contribution in [0.25, 0.3) is 27.5 Å². The van der Waals surface area contributed by atoms with Crippen molar-refractivity contribution in [2.45, 2.75) is 39.5 Å². The van der Waals surface area contributed by atoms with Gasteiger partial charge >= 0.3 is 0 Å². The number of hydrogen-bond acceptors (Lipinski definition) is 2. The highest BCUT2D eigenvalue weighted by molar-refractivity contribution is 6.98. The summed E-state index contributed by atoms with van der Waals surface area (Å²) < 4.78 is 15.3. The van der Waals surface area contributed by atoms with Crippen LogP contribution in [0.3, 0.4) is 0 Å². The third kappa shape index (κ3) is 3.32. The van der Waals surface area contributed by atoms with Gasteiger partial charge in [0.15, 0.2) is 0 Å². The number of benzene rings is 5. The van der Waals surface area contributed by atoms with Crippen LogP contribution < -0.4 is 25.9 Å². The Bertz CT molecular complexity index is 1920. The molecule has 0 amide bonds. The van der Waals surface area contributed by atoms with E-state index in [2.05, 4.69) is 111 Å². The number of fused-ring (bicyclic) bond motifs is 7. The maximum Gasteiger partial charge on any atom is 0.260 e. The van der Waals surface area contributed by atoms with E-state index < -0.39 is 0 Å². The van der Waals surface area contributed by atoms with E-state index in [1.165, 1.54) is 43.9 Å². The summed E-state index contributed by atoms with van der Waals surface area (Å²) in [6.45, 7) is 9.13. The van der Waals surface area contributed by atoms with Gasteiger partial charge in [-0.3, -0.25) is 0 Å². The van der Waals surface area contributed by atoms with Crippen molar-refractivity contribution in [2.75, 3.05) is 0 Å². The van der Waals surface area contributed by atoms with Gasteiger partial charge in [0.05, 0.1) is 11.0 Å². The zero-order valence-electron chi connectivity index (χ0n) is 23.2. The Morgan fingerprint density at radius 1 is 0.550 bits per heavy atom. The number of rotatable bonds is 3. The molecule has 40 heavy (non-hydrogen) atoms. The van der Waals surface area contributed by atoms with Crippen molar-refractivity contribution >= 4 is 44.9 Å². The van der Waals surface area contributed by atoms with Crippen molar-refractivity contribution in [1.29, 1.82) is 0 Å². The maximum atomic E-state index is 6.61. The van der Waals surface area contributed by atoms with Crippen LogP contribution in [-0.4, -0.2) is 11.3 Å². The molecule has 0 aliphatic carbocycles. The highest BCUT2D eigenvalue weighted by atomic mass is 16.5. The summed E-state index contributed by atoms with van der Waals surface area (Å²) in [6, 6.07) is 35.1.